The summed E-state index contributed by atoms with van der Waals surface area (Å²) in [5, 5.41) is 1.58. The monoisotopic (exact) mass is 358 g/mol. The molecular weight excluding hydrogens is 340 g/mol. The summed E-state index contributed by atoms with van der Waals surface area (Å²) in [6.07, 6.45) is 0. The summed E-state index contributed by atoms with van der Waals surface area (Å²) in [4.78, 5) is 5.99. The highest BCUT2D eigenvalue weighted by Crippen LogP contribution is 2.37. The fourth-order valence-corrected chi connectivity index (χ4v) is 3.84. The Bertz CT molecular complexity index is 860. The SMILES string of the molecule is CCOc1ccc(-c2nc(-c3ccccc3CN)sc2C)cc1Cl. The first-order valence-corrected chi connectivity index (χ1v) is 9.02. The molecule has 2 N–H and O–H groups in total. The number of aromatic nitrogens is 1. The lowest BCUT2D eigenvalue weighted by molar-refractivity contribution is 0.340. The van der Waals surface area contributed by atoms with Gasteiger partial charge in [0.05, 0.1) is 17.3 Å². The Labute approximate surface area is 151 Å². The summed E-state index contributed by atoms with van der Waals surface area (Å²) < 4.78 is 5.50. The van der Waals surface area contributed by atoms with E-state index in [-0.39, 0.29) is 0 Å². The molecule has 0 bridgehead atoms. The van der Waals surface area contributed by atoms with Crippen molar-refractivity contribution in [2.75, 3.05) is 6.61 Å². The van der Waals surface area contributed by atoms with Gasteiger partial charge in [0.25, 0.3) is 0 Å². The molecule has 0 saturated carbocycles. The van der Waals surface area contributed by atoms with Crippen molar-refractivity contribution in [2.45, 2.75) is 20.4 Å². The van der Waals surface area contributed by atoms with Gasteiger partial charge in [-0.15, -0.1) is 11.3 Å². The van der Waals surface area contributed by atoms with Gasteiger partial charge in [0.2, 0.25) is 0 Å². The number of aryl methyl sites for hydroxylation is 1. The van der Waals surface area contributed by atoms with Crippen LogP contribution in [-0.2, 0) is 6.54 Å². The van der Waals surface area contributed by atoms with Gasteiger partial charge in [0.1, 0.15) is 10.8 Å². The van der Waals surface area contributed by atoms with Crippen molar-refractivity contribution >= 4 is 22.9 Å². The van der Waals surface area contributed by atoms with Crippen LogP contribution < -0.4 is 10.5 Å². The van der Waals surface area contributed by atoms with Crippen LogP contribution in [0.1, 0.15) is 17.4 Å². The topological polar surface area (TPSA) is 48.1 Å². The van der Waals surface area contributed by atoms with Crippen LogP contribution in [0.5, 0.6) is 5.75 Å². The second kappa shape index (κ2) is 7.34. The molecule has 3 rings (SSSR count). The van der Waals surface area contributed by atoms with E-state index >= 15 is 0 Å². The van der Waals surface area contributed by atoms with E-state index in [9.17, 15) is 0 Å². The van der Waals surface area contributed by atoms with Crippen molar-refractivity contribution in [3.05, 3.63) is 57.9 Å². The summed E-state index contributed by atoms with van der Waals surface area (Å²) in [6.45, 7) is 5.11. The van der Waals surface area contributed by atoms with Gasteiger partial charge in [-0.2, -0.15) is 0 Å². The summed E-state index contributed by atoms with van der Waals surface area (Å²) >= 11 is 7.99. The summed E-state index contributed by atoms with van der Waals surface area (Å²) in [7, 11) is 0. The molecule has 24 heavy (non-hydrogen) atoms. The molecule has 0 radical (unpaired) electrons. The Hall–Kier alpha value is -1.88. The predicted octanol–water partition coefficient (Wildman–Crippen LogP) is 5.30. The van der Waals surface area contributed by atoms with Gasteiger partial charge < -0.3 is 10.5 Å². The van der Waals surface area contributed by atoms with Crippen LogP contribution in [0.2, 0.25) is 5.02 Å². The zero-order chi connectivity index (χ0) is 17.1. The van der Waals surface area contributed by atoms with Crippen molar-refractivity contribution in [1.29, 1.82) is 0 Å². The first kappa shape index (κ1) is 17.0. The van der Waals surface area contributed by atoms with Crippen molar-refractivity contribution in [2.24, 2.45) is 5.73 Å². The largest absolute Gasteiger partial charge is 0.492 e. The van der Waals surface area contributed by atoms with Gasteiger partial charge >= 0.3 is 0 Å². The molecule has 0 spiro atoms. The lowest BCUT2D eigenvalue weighted by Crippen LogP contribution is -1.98. The quantitative estimate of drug-likeness (QED) is 0.673. The maximum absolute atomic E-state index is 6.32. The number of rotatable bonds is 5. The van der Waals surface area contributed by atoms with Crippen LogP contribution in [0.4, 0.5) is 0 Å². The third-order valence-electron chi connectivity index (χ3n) is 3.77. The Morgan fingerprint density at radius 3 is 2.71 bits per heavy atom. The van der Waals surface area contributed by atoms with Crippen molar-refractivity contribution in [3.63, 3.8) is 0 Å². The Kier molecular flexibility index (Phi) is 5.19. The van der Waals surface area contributed by atoms with Gasteiger partial charge in [-0.1, -0.05) is 35.9 Å². The van der Waals surface area contributed by atoms with E-state index in [0.29, 0.717) is 23.9 Å². The van der Waals surface area contributed by atoms with Crippen LogP contribution in [0.25, 0.3) is 21.8 Å². The van der Waals surface area contributed by atoms with Gasteiger partial charge in [-0.3, -0.25) is 0 Å². The number of thiazole rings is 1. The maximum Gasteiger partial charge on any atom is 0.137 e. The minimum absolute atomic E-state index is 0.499. The number of halogens is 1. The minimum Gasteiger partial charge on any atom is -0.492 e. The number of nitrogens with zero attached hydrogens (tertiary/aromatic N) is 1. The lowest BCUT2D eigenvalue weighted by atomic mass is 10.1. The van der Waals surface area contributed by atoms with Crippen LogP contribution in [0.3, 0.4) is 0 Å². The number of nitrogens with two attached hydrogens (primary N) is 1. The summed E-state index contributed by atoms with van der Waals surface area (Å²) in [5.41, 5.74) is 9.99. The molecule has 0 atom stereocenters. The van der Waals surface area contributed by atoms with Crippen LogP contribution in [-0.4, -0.2) is 11.6 Å². The lowest BCUT2D eigenvalue weighted by Gasteiger charge is -2.07. The molecule has 0 aliphatic heterocycles. The number of hydrogen-bond donors (Lipinski definition) is 1. The Balaban J connectivity index is 2.02. The molecule has 2 aromatic carbocycles. The molecule has 3 nitrogen and oxygen atoms in total. The van der Waals surface area contributed by atoms with Gasteiger partial charge in [0.15, 0.2) is 0 Å². The molecule has 0 aliphatic rings. The molecule has 0 saturated heterocycles. The zero-order valence-corrected chi connectivity index (χ0v) is 15.2. The smallest absolute Gasteiger partial charge is 0.137 e. The second-order valence-electron chi connectivity index (χ2n) is 5.36. The van der Waals surface area contributed by atoms with Crippen LogP contribution >= 0.6 is 22.9 Å². The van der Waals surface area contributed by atoms with E-state index in [0.717, 1.165) is 32.3 Å². The molecule has 3 aromatic rings. The third-order valence-corrected chi connectivity index (χ3v) is 5.07. The van der Waals surface area contributed by atoms with E-state index in [1.165, 1.54) is 0 Å². The number of benzene rings is 2. The highest BCUT2D eigenvalue weighted by molar-refractivity contribution is 7.15. The fourth-order valence-electron chi connectivity index (χ4n) is 2.61. The first-order valence-electron chi connectivity index (χ1n) is 7.82. The molecule has 5 heteroatoms. The Morgan fingerprint density at radius 2 is 2.00 bits per heavy atom. The van der Waals surface area contributed by atoms with E-state index < -0.39 is 0 Å². The molecule has 1 heterocycles. The molecular formula is C19H19ClN2OS. The number of hydrogen-bond acceptors (Lipinski definition) is 4. The molecule has 0 amide bonds. The van der Waals surface area contributed by atoms with Crippen LogP contribution in [0, 0.1) is 6.92 Å². The normalized spacial score (nSPS) is 10.8. The van der Waals surface area contributed by atoms with Crippen molar-refractivity contribution in [1.82, 2.24) is 4.98 Å². The molecule has 0 aliphatic carbocycles. The van der Waals surface area contributed by atoms with Gasteiger partial charge in [0, 0.05) is 22.5 Å². The van der Waals surface area contributed by atoms with Crippen molar-refractivity contribution in [3.8, 4) is 27.6 Å². The zero-order valence-electron chi connectivity index (χ0n) is 13.7. The molecule has 124 valence electrons. The van der Waals surface area contributed by atoms with Crippen molar-refractivity contribution < 1.29 is 4.74 Å². The number of ether oxygens (including phenoxy) is 1. The highest BCUT2D eigenvalue weighted by atomic mass is 35.5. The van der Waals surface area contributed by atoms with Crippen LogP contribution in [0.15, 0.2) is 42.5 Å². The van der Waals surface area contributed by atoms with Gasteiger partial charge in [-0.05, 0) is 37.6 Å². The molecule has 1 aromatic heterocycles. The third kappa shape index (κ3) is 3.31. The van der Waals surface area contributed by atoms with E-state index in [1.54, 1.807) is 11.3 Å². The predicted molar refractivity (Wildman–Crippen MR) is 102 cm³/mol. The summed E-state index contributed by atoms with van der Waals surface area (Å²) in [5.74, 6) is 0.699. The average molecular weight is 359 g/mol. The van der Waals surface area contributed by atoms with Gasteiger partial charge in [-0.25, -0.2) is 4.98 Å². The highest BCUT2D eigenvalue weighted by Gasteiger charge is 2.14. The second-order valence-corrected chi connectivity index (χ2v) is 6.97. The Morgan fingerprint density at radius 1 is 1.21 bits per heavy atom. The minimum atomic E-state index is 0.499. The summed E-state index contributed by atoms with van der Waals surface area (Å²) in [6, 6.07) is 13.9. The fraction of sp³-hybridized carbons (Fsp3) is 0.211. The maximum atomic E-state index is 6.32. The average Bonchev–Trinajstić information content (AvgIpc) is 2.98. The van der Waals surface area contributed by atoms with E-state index in [4.69, 9.17) is 27.1 Å². The standard InChI is InChI=1S/C19H19ClN2OS/c1-3-23-17-9-8-13(10-16(17)20)18-12(2)24-19(22-18)15-7-5-4-6-14(15)11-21/h4-10H,3,11,21H2,1-2H3. The molecule has 0 fully saturated rings. The van der Waals surface area contributed by atoms with E-state index in [2.05, 4.69) is 13.0 Å². The molecule has 0 unspecified atom stereocenters. The van der Waals surface area contributed by atoms with E-state index in [1.807, 2.05) is 43.3 Å². The first-order chi connectivity index (χ1) is 11.6.